The van der Waals surface area contributed by atoms with Gasteiger partial charge in [-0.05, 0) is 30.0 Å². The van der Waals surface area contributed by atoms with Crippen molar-refractivity contribution in [3.8, 4) is 0 Å². The van der Waals surface area contributed by atoms with Gasteiger partial charge in [-0.25, -0.2) is 0 Å². The number of carbonyl (C=O) groups is 1. The van der Waals surface area contributed by atoms with E-state index in [9.17, 15) is 4.79 Å². The van der Waals surface area contributed by atoms with E-state index in [0.717, 1.165) is 10.0 Å². The summed E-state index contributed by atoms with van der Waals surface area (Å²) in [6, 6.07) is 6.09. The Hall–Kier alpha value is 0.200. The minimum Gasteiger partial charge on any atom is -0.298 e. The van der Waals surface area contributed by atoms with E-state index < -0.39 is 0 Å². The zero-order valence-corrected chi connectivity index (χ0v) is 11.7. The molecule has 1 aromatic carbocycles. The molecule has 0 radical (unpaired) electrons. The fourth-order valence-electron chi connectivity index (χ4n) is 1.12. The first kappa shape index (κ1) is 12.3. The van der Waals surface area contributed by atoms with Crippen LogP contribution >= 0.6 is 43.6 Å². The summed E-state index contributed by atoms with van der Waals surface area (Å²) in [5.41, 5.74) is 1.06. The van der Waals surface area contributed by atoms with Gasteiger partial charge in [0.1, 0.15) is 5.78 Å². The summed E-state index contributed by atoms with van der Waals surface area (Å²) in [5, 5.41) is 0.425. The number of thioether (sulfide) groups is 1. The highest BCUT2D eigenvalue weighted by molar-refractivity contribution is 9.10. The Labute approximate surface area is 105 Å². The summed E-state index contributed by atoms with van der Waals surface area (Å²) >= 11 is 8.27. The molecule has 0 aliphatic rings. The Morgan fingerprint density at radius 3 is 2.71 bits per heavy atom. The number of hydrogen-bond acceptors (Lipinski definition) is 2. The van der Waals surface area contributed by atoms with Gasteiger partial charge in [0.2, 0.25) is 0 Å². The highest BCUT2D eigenvalue weighted by Gasteiger charge is 2.04. The van der Waals surface area contributed by atoms with Crippen LogP contribution in [0.5, 0.6) is 0 Å². The van der Waals surface area contributed by atoms with Gasteiger partial charge in [-0.1, -0.05) is 31.9 Å². The van der Waals surface area contributed by atoms with Gasteiger partial charge in [0.25, 0.3) is 0 Å². The van der Waals surface area contributed by atoms with Crippen molar-refractivity contribution in [2.24, 2.45) is 0 Å². The van der Waals surface area contributed by atoms with E-state index in [4.69, 9.17) is 0 Å². The lowest BCUT2D eigenvalue weighted by molar-refractivity contribution is -0.115. The highest BCUT2D eigenvalue weighted by atomic mass is 79.9. The first-order chi connectivity index (χ1) is 6.65. The molecule has 4 heteroatoms. The van der Waals surface area contributed by atoms with Gasteiger partial charge in [0, 0.05) is 15.8 Å². The molecule has 0 aliphatic heterocycles. The number of halogens is 2. The zero-order chi connectivity index (χ0) is 10.6. The maximum absolute atomic E-state index is 11.2. The smallest absolute Gasteiger partial charge is 0.147 e. The van der Waals surface area contributed by atoms with Crippen molar-refractivity contribution in [3.63, 3.8) is 0 Å². The predicted octanol–water partition coefficient (Wildman–Crippen LogP) is 3.68. The van der Waals surface area contributed by atoms with Gasteiger partial charge < -0.3 is 0 Å². The molecular formula is C10H10Br2OS. The molecule has 0 fully saturated rings. The molecule has 0 unspecified atom stereocenters. The summed E-state index contributed by atoms with van der Waals surface area (Å²) in [6.07, 6.45) is 2.52. The summed E-state index contributed by atoms with van der Waals surface area (Å²) in [5.74, 6) is 0.204. The van der Waals surface area contributed by atoms with E-state index in [1.807, 2.05) is 18.4 Å². The highest BCUT2D eigenvalue weighted by Crippen LogP contribution is 2.22. The third-order valence-corrected chi connectivity index (χ3v) is 3.51. The summed E-state index contributed by atoms with van der Waals surface area (Å²) in [6.45, 7) is 0. The third kappa shape index (κ3) is 3.75. The number of alkyl halides is 1. The number of carbonyl (C=O) groups excluding carboxylic acids is 1. The second-order valence-corrected chi connectivity index (χ2v) is 5.20. The fraction of sp³-hybridized carbons (Fsp3) is 0.300. The molecule has 0 spiro atoms. The molecule has 1 nitrogen and oxygen atoms in total. The van der Waals surface area contributed by atoms with Crippen LogP contribution in [-0.2, 0) is 11.2 Å². The van der Waals surface area contributed by atoms with E-state index in [-0.39, 0.29) is 5.78 Å². The van der Waals surface area contributed by atoms with Gasteiger partial charge in [0.05, 0.1) is 5.33 Å². The van der Waals surface area contributed by atoms with Crippen LogP contribution in [0.1, 0.15) is 5.56 Å². The Balaban J connectivity index is 2.86. The lowest BCUT2D eigenvalue weighted by Crippen LogP contribution is -2.03. The Morgan fingerprint density at radius 2 is 2.14 bits per heavy atom. The standard InChI is InChI=1S/C10H10Br2OS/c1-14-10-4-7(2-8(12)5-10)3-9(13)6-11/h2,4-5H,3,6H2,1H3. The molecule has 0 saturated heterocycles. The molecule has 0 aromatic heterocycles. The molecule has 1 rings (SSSR count). The molecule has 0 heterocycles. The van der Waals surface area contributed by atoms with Crippen LogP contribution in [0, 0.1) is 0 Å². The molecule has 0 amide bonds. The molecule has 0 bridgehead atoms. The first-order valence-electron chi connectivity index (χ1n) is 4.07. The minimum atomic E-state index is 0.204. The van der Waals surface area contributed by atoms with Crippen molar-refractivity contribution in [1.82, 2.24) is 0 Å². The summed E-state index contributed by atoms with van der Waals surface area (Å²) in [7, 11) is 0. The fourth-order valence-corrected chi connectivity index (χ4v) is 2.52. The topological polar surface area (TPSA) is 17.1 Å². The zero-order valence-electron chi connectivity index (χ0n) is 7.72. The lowest BCUT2D eigenvalue weighted by atomic mass is 10.1. The van der Waals surface area contributed by atoms with Crippen LogP contribution in [0.2, 0.25) is 0 Å². The average Bonchev–Trinajstić information content (AvgIpc) is 2.16. The second kappa shape index (κ2) is 5.93. The normalized spacial score (nSPS) is 10.2. The Kier molecular flexibility index (Phi) is 5.20. The number of benzene rings is 1. The Morgan fingerprint density at radius 1 is 1.43 bits per heavy atom. The Bertz CT molecular complexity index is 339. The van der Waals surface area contributed by atoms with Crippen molar-refractivity contribution in [2.75, 3.05) is 11.6 Å². The molecule has 0 N–H and O–H groups in total. The summed E-state index contributed by atoms with van der Waals surface area (Å²) < 4.78 is 1.03. The number of ketones is 1. The SMILES string of the molecule is CSc1cc(Br)cc(CC(=O)CBr)c1. The largest absolute Gasteiger partial charge is 0.298 e. The second-order valence-electron chi connectivity index (χ2n) is 2.85. The van der Waals surface area contributed by atoms with Gasteiger partial charge >= 0.3 is 0 Å². The molecule has 0 atom stereocenters. The van der Waals surface area contributed by atoms with Crippen LogP contribution in [0.25, 0.3) is 0 Å². The average molecular weight is 338 g/mol. The van der Waals surface area contributed by atoms with E-state index in [1.54, 1.807) is 11.8 Å². The van der Waals surface area contributed by atoms with Crippen molar-refractivity contribution < 1.29 is 4.79 Å². The summed E-state index contributed by atoms with van der Waals surface area (Å²) in [4.78, 5) is 12.4. The number of Topliss-reactive ketones (excluding diaryl/α,β-unsaturated/α-hetero) is 1. The molecule has 76 valence electrons. The van der Waals surface area contributed by atoms with E-state index in [0.29, 0.717) is 11.8 Å². The maximum Gasteiger partial charge on any atom is 0.147 e. The molecule has 0 saturated carbocycles. The minimum absolute atomic E-state index is 0.204. The van der Waals surface area contributed by atoms with Crippen LogP contribution in [-0.4, -0.2) is 17.4 Å². The lowest BCUT2D eigenvalue weighted by Gasteiger charge is -2.03. The van der Waals surface area contributed by atoms with Crippen molar-refractivity contribution in [3.05, 3.63) is 28.2 Å². The van der Waals surface area contributed by atoms with Crippen molar-refractivity contribution in [2.45, 2.75) is 11.3 Å². The van der Waals surface area contributed by atoms with E-state index >= 15 is 0 Å². The van der Waals surface area contributed by atoms with E-state index in [1.165, 1.54) is 4.90 Å². The van der Waals surface area contributed by atoms with Crippen LogP contribution < -0.4 is 0 Å². The number of hydrogen-bond donors (Lipinski definition) is 0. The number of rotatable bonds is 4. The molecule has 0 aliphatic carbocycles. The van der Waals surface area contributed by atoms with Crippen LogP contribution in [0.3, 0.4) is 0 Å². The van der Waals surface area contributed by atoms with Gasteiger partial charge in [-0.3, -0.25) is 4.79 Å². The van der Waals surface area contributed by atoms with Crippen molar-refractivity contribution >= 4 is 49.4 Å². The van der Waals surface area contributed by atoms with Crippen LogP contribution in [0.4, 0.5) is 0 Å². The monoisotopic (exact) mass is 336 g/mol. The van der Waals surface area contributed by atoms with Crippen molar-refractivity contribution in [1.29, 1.82) is 0 Å². The van der Waals surface area contributed by atoms with E-state index in [2.05, 4.69) is 37.9 Å². The molecular weight excluding hydrogens is 328 g/mol. The van der Waals surface area contributed by atoms with Gasteiger partial charge in [-0.2, -0.15) is 0 Å². The molecule has 14 heavy (non-hydrogen) atoms. The van der Waals surface area contributed by atoms with Gasteiger partial charge in [-0.15, -0.1) is 11.8 Å². The predicted molar refractivity (Wildman–Crippen MR) is 68.4 cm³/mol. The maximum atomic E-state index is 11.2. The van der Waals surface area contributed by atoms with Gasteiger partial charge in [0.15, 0.2) is 0 Å². The third-order valence-electron chi connectivity index (χ3n) is 1.72. The van der Waals surface area contributed by atoms with Crippen LogP contribution in [0.15, 0.2) is 27.6 Å². The first-order valence-corrected chi connectivity index (χ1v) is 7.20. The molecule has 1 aromatic rings. The quantitative estimate of drug-likeness (QED) is 0.616.